The molecule has 1 saturated carbocycles. The predicted molar refractivity (Wildman–Crippen MR) is 76.8 cm³/mol. The van der Waals surface area contributed by atoms with Crippen LogP contribution in [-0.4, -0.2) is 43.2 Å². The monoisotopic (exact) mass is 295 g/mol. The highest BCUT2D eigenvalue weighted by molar-refractivity contribution is 6.23. The van der Waals surface area contributed by atoms with Gasteiger partial charge in [-0.2, -0.15) is 0 Å². The lowest BCUT2D eigenvalue weighted by Gasteiger charge is -2.19. The van der Waals surface area contributed by atoms with Gasteiger partial charge in [-0.25, -0.2) is 4.79 Å². The Bertz CT molecular complexity index is 410. The zero-order valence-electron chi connectivity index (χ0n) is 12.1. The maximum absolute atomic E-state index is 11.5. The fourth-order valence-electron chi connectivity index (χ4n) is 2.75. The van der Waals surface area contributed by atoms with E-state index in [0.29, 0.717) is 6.54 Å². The Morgan fingerprint density at radius 2 is 1.76 bits per heavy atom. The fraction of sp³-hybridized carbons (Fsp3) is 0.714. The van der Waals surface area contributed by atoms with E-state index in [-0.39, 0.29) is 0 Å². The van der Waals surface area contributed by atoms with Crippen LogP contribution in [0.3, 0.4) is 0 Å². The Morgan fingerprint density at radius 3 is 2.43 bits per heavy atom. The van der Waals surface area contributed by atoms with Crippen molar-refractivity contribution in [1.82, 2.24) is 10.6 Å². The number of hydrogen-bond donors (Lipinski definition) is 3. The van der Waals surface area contributed by atoms with Crippen LogP contribution in [0.2, 0.25) is 0 Å². The molecule has 1 aliphatic carbocycles. The zero-order chi connectivity index (χ0) is 15.1. The minimum absolute atomic E-state index is 0.591. The number of carbonyl (C=O) groups is 3. The molecular weight excluding hydrogens is 272 g/mol. The summed E-state index contributed by atoms with van der Waals surface area (Å²) < 4.78 is 0. The fourth-order valence-corrected chi connectivity index (χ4v) is 2.75. The largest absolute Gasteiger partial charge is 0.344 e. The number of quaternary nitrogens is 1. The van der Waals surface area contributed by atoms with Gasteiger partial charge in [0.15, 0.2) is 5.92 Å². The van der Waals surface area contributed by atoms with Crippen molar-refractivity contribution in [2.75, 3.05) is 13.1 Å². The van der Waals surface area contributed by atoms with Crippen LogP contribution in [0.1, 0.15) is 38.5 Å². The number of nitrogens with zero attached hydrogens (tertiary/aromatic N) is 1. The molecule has 0 aromatic rings. The van der Waals surface area contributed by atoms with Crippen molar-refractivity contribution in [3.05, 3.63) is 0 Å². The van der Waals surface area contributed by atoms with Gasteiger partial charge in [-0.05, 0) is 25.7 Å². The van der Waals surface area contributed by atoms with Gasteiger partial charge in [0.1, 0.15) is 0 Å². The summed E-state index contributed by atoms with van der Waals surface area (Å²) in [4.78, 5) is 37.9. The number of carbonyl (C=O) groups excluding carboxylic acids is 3. The number of hydrogen-bond acceptors (Lipinski definition) is 4. The number of urea groups is 1. The zero-order valence-corrected chi connectivity index (χ0v) is 12.1. The van der Waals surface area contributed by atoms with Gasteiger partial charge < -0.3 is 5.32 Å². The van der Waals surface area contributed by atoms with E-state index in [1.165, 1.54) is 38.3 Å². The van der Waals surface area contributed by atoms with Crippen molar-refractivity contribution in [2.45, 2.75) is 44.6 Å². The standard InChI is InChI=1S/C14H22N4O3/c19-12-11(13(20)18-14(21)17-12)9-15-7-4-8-16-10-5-2-1-3-6-10/h9-11,16H,1-8H2,(H2,17,18,19,20,21)/p+1. The smallest absolute Gasteiger partial charge is 0.328 e. The summed E-state index contributed by atoms with van der Waals surface area (Å²) in [6, 6.07) is -0.0135. The van der Waals surface area contributed by atoms with Gasteiger partial charge in [-0.15, -0.1) is 0 Å². The Balaban J connectivity index is 1.62. The minimum atomic E-state index is -0.995. The maximum Gasteiger partial charge on any atom is 0.328 e. The molecule has 0 aromatic carbocycles. The molecule has 116 valence electrons. The van der Waals surface area contributed by atoms with Crippen molar-refractivity contribution in [3.63, 3.8) is 0 Å². The summed E-state index contributed by atoms with van der Waals surface area (Å²) in [5, 5.41) is 6.48. The molecule has 2 aliphatic rings. The van der Waals surface area contributed by atoms with Crippen LogP contribution >= 0.6 is 0 Å². The number of imide groups is 2. The quantitative estimate of drug-likeness (QED) is 0.344. The molecule has 0 radical (unpaired) electrons. The summed E-state index contributed by atoms with van der Waals surface area (Å²) in [7, 11) is 0. The van der Waals surface area contributed by atoms with Crippen LogP contribution in [0, 0.1) is 5.92 Å². The van der Waals surface area contributed by atoms with E-state index in [4.69, 9.17) is 0 Å². The average molecular weight is 295 g/mol. The van der Waals surface area contributed by atoms with Crippen molar-refractivity contribution in [1.29, 1.82) is 0 Å². The predicted octanol–water partition coefficient (Wildman–Crippen LogP) is -0.674. The summed E-state index contributed by atoms with van der Waals surface area (Å²) in [5.41, 5.74) is 0. The first kappa shape index (κ1) is 15.6. The molecule has 0 bridgehead atoms. The van der Waals surface area contributed by atoms with Crippen molar-refractivity contribution in [2.24, 2.45) is 10.9 Å². The van der Waals surface area contributed by atoms with Gasteiger partial charge in [0.05, 0.1) is 12.6 Å². The molecular formula is C14H23N4O3+. The maximum atomic E-state index is 11.5. The molecule has 4 N–H and O–H groups in total. The first-order valence-corrected chi connectivity index (χ1v) is 7.66. The summed E-state index contributed by atoms with van der Waals surface area (Å²) in [5.74, 6) is -2.22. The number of barbiturate groups is 1. The molecule has 1 heterocycles. The lowest BCUT2D eigenvalue weighted by atomic mass is 9.95. The number of nitrogens with one attached hydrogen (secondary N) is 2. The average Bonchev–Trinajstić information content (AvgIpc) is 2.45. The third kappa shape index (κ3) is 4.93. The van der Waals surface area contributed by atoms with Gasteiger partial charge in [-0.3, -0.25) is 25.2 Å². The second kappa shape index (κ2) is 7.87. The second-order valence-corrected chi connectivity index (χ2v) is 5.62. The van der Waals surface area contributed by atoms with Gasteiger partial charge in [0.25, 0.3) is 0 Å². The number of nitrogens with two attached hydrogens (primary N) is 1. The van der Waals surface area contributed by atoms with Crippen LogP contribution in [0.5, 0.6) is 0 Å². The van der Waals surface area contributed by atoms with Crippen molar-refractivity contribution < 1.29 is 19.7 Å². The van der Waals surface area contributed by atoms with E-state index in [2.05, 4.69) is 10.3 Å². The molecule has 7 heteroatoms. The summed E-state index contributed by atoms with van der Waals surface area (Å²) >= 11 is 0. The Hall–Kier alpha value is -1.76. The molecule has 21 heavy (non-hydrogen) atoms. The highest BCUT2D eigenvalue weighted by Crippen LogP contribution is 2.14. The minimum Gasteiger partial charge on any atom is -0.344 e. The first-order chi connectivity index (χ1) is 10.2. The molecule has 0 aromatic heterocycles. The van der Waals surface area contributed by atoms with Crippen LogP contribution in [-0.2, 0) is 9.59 Å². The lowest BCUT2D eigenvalue weighted by Crippen LogP contribution is -2.90. The van der Waals surface area contributed by atoms with E-state index in [9.17, 15) is 14.4 Å². The molecule has 0 spiro atoms. The number of amides is 4. The van der Waals surface area contributed by atoms with Crippen LogP contribution < -0.4 is 16.0 Å². The third-order valence-corrected chi connectivity index (χ3v) is 3.93. The molecule has 0 atom stereocenters. The highest BCUT2D eigenvalue weighted by atomic mass is 16.2. The molecule has 2 fully saturated rings. The Kier molecular flexibility index (Phi) is 5.86. The second-order valence-electron chi connectivity index (χ2n) is 5.62. The van der Waals surface area contributed by atoms with E-state index < -0.39 is 23.8 Å². The lowest BCUT2D eigenvalue weighted by molar-refractivity contribution is -0.691. The van der Waals surface area contributed by atoms with E-state index in [0.717, 1.165) is 19.0 Å². The molecule has 7 nitrogen and oxygen atoms in total. The van der Waals surface area contributed by atoms with Gasteiger partial charge >= 0.3 is 6.03 Å². The number of aliphatic imine (C=N–C) groups is 1. The topological polar surface area (TPSA) is 104 Å². The van der Waals surface area contributed by atoms with Crippen LogP contribution in [0.15, 0.2) is 4.99 Å². The summed E-state index contributed by atoms with van der Waals surface area (Å²) in [6.07, 6.45) is 8.90. The third-order valence-electron chi connectivity index (χ3n) is 3.93. The van der Waals surface area contributed by atoms with Crippen molar-refractivity contribution >= 4 is 24.1 Å². The SMILES string of the molecule is O=C1NC(=O)C(C=NCCC[NH2+]C2CCCCC2)C(=O)N1. The van der Waals surface area contributed by atoms with Gasteiger partial charge in [0, 0.05) is 19.2 Å². The van der Waals surface area contributed by atoms with Crippen molar-refractivity contribution in [3.8, 4) is 0 Å². The molecule has 2 rings (SSSR count). The molecule has 4 amide bonds. The van der Waals surface area contributed by atoms with Gasteiger partial charge in [-0.1, -0.05) is 6.42 Å². The van der Waals surface area contributed by atoms with E-state index in [1.54, 1.807) is 0 Å². The van der Waals surface area contributed by atoms with Gasteiger partial charge in [0.2, 0.25) is 11.8 Å². The summed E-state index contributed by atoms with van der Waals surface area (Å²) in [6.45, 7) is 1.61. The molecule has 0 unspecified atom stereocenters. The van der Waals surface area contributed by atoms with E-state index >= 15 is 0 Å². The first-order valence-electron chi connectivity index (χ1n) is 7.66. The van der Waals surface area contributed by atoms with Crippen LogP contribution in [0.4, 0.5) is 4.79 Å². The molecule has 1 saturated heterocycles. The number of rotatable bonds is 6. The Labute approximate surface area is 124 Å². The normalized spacial score (nSPS) is 21.6. The Morgan fingerprint density at radius 1 is 1.10 bits per heavy atom. The van der Waals surface area contributed by atoms with Crippen LogP contribution in [0.25, 0.3) is 0 Å². The van der Waals surface area contributed by atoms with E-state index in [1.807, 2.05) is 10.6 Å². The highest BCUT2D eigenvalue weighted by Gasteiger charge is 2.32. The molecule has 1 aliphatic heterocycles.